The fraction of sp³-hybridized carbons (Fsp3) is 0.368. The fourth-order valence-electron chi connectivity index (χ4n) is 2.49. The molecular weight excluding hydrogens is 382 g/mol. The Balaban J connectivity index is 1.78. The van der Waals surface area contributed by atoms with Crippen molar-refractivity contribution in [3.8, 4) is 0 Å². The highest BCUT2D eigenvalue weighted by molar-refractivity contribution is 7.89. The molecule has 0 aliphatic rings. The largest absolute Gasteiger partial charge is 0.467 e. The van der Waals surface area contributed by atoms with Crippen LogP contribution in [0.15, 0.2) is 45.9 Å². The van der Waals surface area contributed by atoms with Crippen molar-refractivity contribution in [2.24, 2.45) is 0 Å². The smallest absolute Gasteiger partial charge is 0.242 e. The highest BCUT2D eigenvalue weighted by Crippen LogP contribution is 2.16. The number of amides is 2. The number of carbonyl (C=O) groups excluding carboxylic acids is 2. The number of furan rings is 1. The Labute approximate surface area is 164 Å². The molecule has 1 unspecified atom stereocenters. The van der Waals surface area contributed by atoms with Gasteiger partial charge in [0.1, 0.15) is 11.8 Å². The molecule has 2 aromatic rings. The summed E-state index contributed by atoms with van der Waals surface area (Å²) in [5.74, 6) is -0.183. The van der Waals surface area contributed by atoms with Gasteiger partial charge in [0.25, 0.3) is 0 Å². The van der Waals surface area contributed by atoms with Crippen LogP contribution in [0, 0.1) is 13.8 Å². The average molecular weight is 407 g/mol. The van der Waals surface area contributed by atoms with E-state index in [0.29, 0.717) is 11.3 Å². The molecule has 0 radical (unpaired) electrons. The number of hydrogen-bond donors (Lipinski definition) is 3. The van der Waals surface area contributed by atoms with Crippen molar-refractivity contribution in [2.45, 2.75) is 44.7 Å². The van der Waals surface area contributed by atoms with Crippen LogP contribution in [0.4, 0.5) is 0 Å². The average Bonchev–Trinajstić information content (AvgIpc) is 3.14. The van der Waals surface area contributed by atoms with Gasteiger partial charge in [-0.3, -0.25) is 9.59 Å². The third-order valence-corrected chi connectivity index (χ3v) is 5.67. The zero-order chi connectivity index (χ0) is 20.7. The summed E-state index contributed by atoms with van der Waals surface area (Å²) < 4.78 is 32.3. The Hall–Kier alpha value is -2.65. The van der Waals surface area contributed by atoms with Crippen LogP contribution in [0.5, 0.6) is 0 Å². The number of rotatable bonds is 9. The molecule has 2 rings (SSSR count). The first kappa shape index (κ1) is 21.6. The monoisotopic (exact) mass is 407 g/mol. The van der Waals surface area contributed by atoms with E-state index in [2.05, 4.69) is 15.4 Å². The summed E-state index contributed by atoms with van der Waals surface area (Å²) in [5, 5.41) is 5.18. The lowest BCUT2D eigenvalue weighted by Gasteiger charge is -2.14. The molecule has 0 bridgehead atoms. The predicted molar refractivity (Wildman–Crippen MR) is 104 cm³/mol. The Morgan fingerprint density at radius 3 is 2.61 bits per heavy atom. The van der Waals surface area contributed by atoms with Gasteiger partial charge in [-0.2, -0.15) is 0 Å². The standard InChI is InChI=1S/C19H25N3O5S/c1-13-6-7-14(2)17(11-13)28(25,26)21-9-8-18(23)22-15(3)19(24)20-12-16-5-4-10-27-16/h4-7,10-11,15,21H,8-9,12H2,1-3H3,(H,20,24)(H,22,23). The van der Waals surface area contributed by atoms with Gasteiger partial charge in [0.15, 0.2) is 0 Å². The minimum atomic E-state index is -3.71. The van der Waals surface area contributed by atoms with Gasteiger partial charge in [0, 0.05) is 13.0 Å². The molecule has 1 aromatic carbocycles. The maximum absolute atomic E-state index is 12.4. The van der Waals surface area contributed by atoms with E-state index in [-0.39, 0.29) is 30.3 Å². The van der Waals surface area contributed by atoms with Crippen LogP contribution in [0.2, 0.25) is 0 Å². The summed E-state index contributed by atoms with van der Waals surface area (Å²) in [6.07, 6.45) is 1.42. The Morgan fingerprint density at radius 1 is 1.18 bits per heavy atom. The lowest BCUT2D eigenvalue weighted by atomic mass is 10.2. The summed E-state index contributed by atoms with van der Waals surface area (Å²) in [5.41, 5.74) is 1.46. The zero-order valence-electron chi connectivity index (χ0n) is 16.1. The van der Waals surface area contributed by atoms with E-state index >= 15 is 0 Å². The van der Waals surface area contributed by atoms with E-state index < -0.39 is 22.0 Å². The number of carbonyl (C=O) groups is 2. The molecule has 1 heterocycles. The molecule has 0 spiro atoms. The van der Waals surface area contributed by atoms with Gasteiger partial charge < -0.3 is 15.1 Å². The van der Waals surface area contributed by atoms with Crippen LogP contribution in [0.25, 0.3) is 0 Å². The third-order valence-electron chi connectivity index (χ3n) is 4.07. The van der Waals surface area contributed by atoms with Crippen molar-refractivity contribution >= 4 is 21.8 Å². The van der Waals surface area contributed by atoms with Gasteiger partial charge >= 0.3 is 0 Å². The van der Waals surface area contributed by atoms with Crippen molar-refractivity contribution in [1.29, 1.82) is 0 Å². The van der Waals surface area contributed by atoms with Crippen LogP contribution in [-0.2, 0) is 26.2 Å². The summed E-state index contributed by atoms with van der Waals surface area (Å²) in [6, 6.07) is 7.85. The quantitative estimate of drug-likeness (QED) is 0.581. The van der Waals surface area contributed by atoms with E-state index in [4.69, 9.17) is 4.42 Å². The minimum absolute atomic E-state index is 0.0672. The van der Waals surface area contributed by atoms with Crippen LogP contribution in [0.3, 0.4) is 0 Å². The van der Waals surface area contributed by atoms with Gasteiger partial charge in [0.2, 0.25) is 21.8 Å². The maximum atomic E-state index is 12.4. The van der Waals surface area contributed by atoms with Crippen molar-refractivity contribution in [2.75, 3.05) is 6.54 Å². The summed E-state index contributed by atoms with van der Waals surface area (Å²) >= 11 is 0. The highest BCUT2D eigenvalue weighted by atomic mass is 32.2. The fourth-order valence-corrected chi connectivity index (χ4v) is 3.85. The number of benzene rings is 1. The van der Waals surface area contributed by atoms with E-state index in [0.717, 1.165) is 5.56 Å². The molecule has 2 amide bonds. The second-order valence-electron chi connectivity index (χ2n) is 6.50. The summed E-state index contributed by atoms with van der Waals surface area (Å²) in [7, 11) is -3.71. The van der Waals surface area contributed by atoms with Crippen LogP contribution in [0.1, 0.15) is 30.2 Å². The second-order valence-corrected chi connectivity index (χ2v) is 8.24. The zero-order valence-corrected chi connectivity index (χ0v) is 16.9. The Bertz CT molecular complexity index is 923. The molecule has 28 heavy (non-hydrogen) atoms. The highest BCUT2D eigenvalue weighted by Gasteiger charge is 2.19. The molecule has 3 N–H and O–H groups in total. The molecule has 0 fully saturated rings. The predicted octanol–water partition coefficient (Wildman–Crippen LogP) is 1.39. The van der Waals surface area contributed by atoms with E-state index in [9.17, 15) is 18.0 Å². The minimum Gasteiger partial charge on any atom is -0.467 e. The summed E-state index contributed by atoms with van der Waals surface area (Å²) in [4.78, 5) is 24.2. The second kappa shape index (κ2) is 9.52. The van der Waals surface area contributed by atoms with E-state index in [1.54, 1.807) is 38.1 Å². The molecule has 9 heteroatoms. The number of sulfonamides is 1. The van der Waals surface area contributed by atoms with Crippen LogP contribution in [-0.4, -0.2) is 32.8 Å². The molecule has 152 valence electrons. The molecule has 1 atom stereocenters. The van der Waals surface area contributed by atoms with Crippen molar-refractivity contribution < 1.29 is 22.4 Å². The van der Waals surface area contributed by atoms with Crippen LogP contribution >= 0.6 is 0 Å². The first-order valence-corrected chi connectivity index (χ1v) is 10.3. The van der Waals surface area contributed by atoms with E-state index in [1.165, 1.54) is 6.26 Å². The van der Waals surface area contributed by atoms with Crippen molar-refractivity contribution in [3.63, 3.8) is 0 Å². The van der Waals surface area contributed by atoms with Gasteiger partial charge in [0.05, 0.1) is 17.7 Å². The van der Waals surface area contributed by atoms with Gasteiger partial charge in [-0.25, -0.2) is 13.1 Å². The SMILES string of the molecule is Cc1ccc(C)c(S(=O)(=O)NCCC(=O)NC(C)C(=O)NCc2ccco2)c1. The molecule has 0 saturated heterocycles. The Kier molecular flexibility index (Phi) is 7.36. The number of hydrogen-bond acceptors (Lipinski definition) is 5. The van der Waals surface area contributed by atoms with Crippen molar-refractivity contribution in [3.05, 3.63) is 53.5 Å². The van der Waals surface area contributed by atoms with Crippen LogP contribution < -0.4 is 15.4 Å². The molecular formula is C19H25N3O5S. The third kappa shape index (κ3) is 6.21. The van der Waals surface area contributed by atoms with Crippen molar-refractivity contribution in [1.82, 2.24) is 15.4 Å². The normalized spacial score (nSPS) is 12.4. The topological polar surface area (TPSA) is 118 Å². The molecule has 8 nitrogen and oxygen atoms in total. The summed E-state index contributed by atoms with van der Waals surface area (Å²) in [6.45, 7) is 5.23. The lowest BCUT2D eigenvalue weighted by Crippen LogP contribution is -2.45. The van der Waals surface area contributed by atoms with E-state index in [1.807, 2.05) is 13.0 Å². The van der Waals surface area contributed by atoms with Gasteiger partial charge in [-0.05, 0) is 50.1 Å². The number of nitrogens with one attached hydrogen (secondary N) is 3. The molecule has 0 saturated carbocycles. The molecule has 0 aliphatic heterocycles. The number of aryl methyl sites for hydroxylation is 2. The first-order chi connectivity index (χ1) is 13.2. The Morgan fingerprint density at radius 2 is 1.93 bits per heavy atom. The molecule has 1 aromatic heterocycles. The van der Waals surface area contributed by atoms with Gasteiger partial charge in [-0.1, -0.05) is 12.1 Å². The molecule has 0 aliphatic carbocycles. The first-order valence-electron chi connectivity index (χ1n) is 8.85. The maximum Gasteiger partial charge on any atom is 0.242 e. The van der Waals surface area contributed by atoms with Gasteiger partial charge in [-0.15, -0.1) is 0 Å². The lowest BCUT2D eigenvalue weighted by molar-refractivity contribution is -0.128.